The SMILES string of the molecule is Cc1ccc2c(c1N1c3nccnc3C3(CCCCC3)C1C)Cc1nccn1-2. The predicted octanol–water partition coefficient (Wildman–Crippen LogP) is 4.62. The van der Waals surface area contributed by atoms with Crippen molar-refractivity contribution in [2.75, 3.05) is 4.90 Å². The van der Waals surface area contributed by atoms with Crippen LogP contribution in [0, 0.1) is 6.92 Å². The summed E-state index contributed by atoms with van der Waals surface area (Å²) in [5.74, 6) is 2.19. The van der Waals surface area contributed by atoms with Crippen LogP contribution in [0.1, 0.15) is 61.7 Å². The molecule has 5 heteroatoms. The lowest BCUT2D eigenvalue weighted by Gasteiger charge is -2.40. The molecule has 3 aliphatic rings. The first kappa shape index (κ1) is 16.3. The van der Waals surface area contributed by atoms with E-state index < -0.39 is 0 Å². The van der Waals surface area contributed by atoms with E-state index in [9.17, 15) is 0 Å². The van der Waals surface area contributed by atoms with Crippen molar-refractivity contribution >= 4 is 11.5 Å². The summed E-state index contributed by atoms with van der Waals surface area (Å²) in [6, 6.07) is 4.85. The Kier molecular flexibility index (Phi) is 3.29. The first-order valence-electron chi connectivity index (χ1n) is 10.5. The van der Waals surface area contributed by atoms with Gasteiger partial charge in [-0.2, -0.15) is 0 Å². The number of hydrogen-bond donors (Lipinski definition) is 0. The van der Waals surface area contributed by atoms with E-state index in [0.717, 1.165) is 18.1 Å². The molecule has 5 nitrogen and oxygen atoms in total. The van der Waals surface area contributed by atoms with E-state index in [2.05, 4.69) is 46.6 Å². The lowest BCUT2D eigenvalue weighted by atomic mass is 9.69. The summed E-state index contributed by atoms with van der Waals surface area (Å²) >= 11 is 0. The summed E-state index contributed by atoms with van der Waals surface area (Å²) < 4.78 is 2.23. The van der Waals surface area contributed by atoms with Crippen LogP contribution >= 0.6 is 0 Å². The molecule has 0 saturated heterocycles. The second-order valence-electron chi connectivity index (χ2n) is 8.61. The van der Waals surface area contributed by atoms with E-state index in [1.165, 1.54) is 60.3 Å². The first-order valence-corrected chi connectivity index (χ1v) is 10.5. The molecular formula is C23H25N5. The van der Waals surface area contributed by atoms with Crippen LogP contribution in [-0.4, -0.2) is 25.6 Å². The van der Waals surface area contributed by atoms with Crippen LogP contribution in [0.15, 0.2) is 36.9 Å². The molecule has 2 aliphatic heterocycles. The molecule has 2 aromatic heterocycles. The standard InChI is InChI=1S/C23H25N5/c1-15-6-7-18-17(14-19-24-12-13-27(18)19)20(15)28-16(2)23(8-4-3-5-9-23)21-22(28)26-11-10-25-21/h6-7,10-13,16H,3-5,8-9,14H2,1-2H3. The van der Waals surface area contributed by atoms with E-state index in [0.29, 0.717) is 6.04 Å². The molecule has 0 radical (unpaired) electrons. The highest BCUT2D eigenvalue weighted by atomic mass is 15.3. The summed E-state index contributed by atoms with van der Waals surface area (Å²) in [6.07, 6.45) is 14.9. The molecular weight excluding hydrogens is 346 g/mol. The minimum absolute atomic E-state index is 0.128. The van der Waals surface area contributed by atoms with Gasteiger partial charge in [0.05, 0.1) is 17.1 Å². The van der Waals surface area contributed by atoms with Crippen LogP contribution in [-0.2, 0) is 11.8 Å². The molecule has 1 unspecified atom stereocenters. The minimum atomic E-state index is 0.128. The maximum absolute atomic E-state index is 4.89. The number of benzene rings is 1. The number of anilines is 2. The fourth-order valence-corrected chi connectivity index (χ4v) is 5.94. The fraction of sp³-hybridized carbons (Fsp3) is 0.435. The van der Waals surface area contributed by atoms with Crippen molar-refractivity contribution in [2.45, 2.75) is 63.8 Å². The third-order valence-electron chi connectivity index (χ3n) is 7.32. The quantitative estimate of drug-likeness (QED) is 0.490. The average Bonchev–Trinajstić information content (AvgIpc) is 3.37. The largest absolute Gasteiger partial charge is 0.320 e. The number of rotatable bonds is 1. The molecule has 1 atom stereocenters. The normalized spacial score (nSPS) is 21.6. The zero-order chi connectivity index (χ0) is 18.9. The van der Waals surface area contributed by atoms with Crippen LogP contribution in [0.5, 0.6) is 0 Å². The van der Waals surface area contributed by atoms with Gasteiger partial charge in [-0.25, -0.2) is 9.97 Å². The molecule has 4 heterocycles. The molecule has 0 bridgehead atoms. The van der Waals surface area contributed by atoms with Crippen LogP contribution in [0.25, 0.3) is 5.69 Å². The first-order chi connectivity index (χ1) is 13.7. The van der Waals surface area contributed by atoms with Crippen LogP contribution in [0.3, 0.4) is 0 Å². The summed E-state index contributed by atoms with van der Waals surface area (Å²) in [6.45, 7) is 4.62. The number of fused-ring (bicyclic) bond motifs is 5. The molecule has 142 valence electrons. The zero-order valence-corrected chi connectivity index (χ0v) is 16.5. The molecule has 1 fully saturated rings. The van der Waals surface area contributed by atoms with Crippen molar-refractivity contribution in [3.05, 3.63) is 59.6 Å². The van der Waals surface area contributed by atoms with E-state index in [1.807, 2.05) is 18.6 Å². The Labute approximate surface area is 165 Å². The van der Waals surface area contributed by atoms with Crippen molar-refractivity contribution < 1.29 is 0 Å². The molecule has 1 saturated carbocycles. The van der Waals surface area contributed by atoms with Gasteiger partial charge in [0.25, 0.3) is 0 Å². The zero-order valence-electron chi connectivity index (χ0n) is 16.5. The van der Waals surface area contributed by atoms with E-state index in [4.69, 9.17) is 9.97 Å². The van der Waals surface area contributed by atoms with Gasteiger partial charge in [-0.15, -0.1) is 0 Å². The highest BCUT2D eigenvalue weighted by molar-refractivity contribution is 5.78. The van der Waals surface area contributed by atoms with Crippen molar-refractivity contribution in [3.8, 4) is 5.69 Å². The van der Waals surface area contributed by atoms with Gasteiger partial charge in [-0.3, -0.25) is 4.98 Å². The number of hydrogen-bond acceptors (Lipinski definition) is 4. The van der Waals surface area contributed by atoms with Crippen molar-refractivity contribution in [1.82, 2.24) is 19.5 Å². The van der Waals surface area contributed by atoms with Gasteiger partial charge in [0, 0.05) is 48.2 Å². The topological polar surface area (TPSA) is 46.8 Å². The Bertz CT molecular complexity index is 1080. The van der Waals surface area contributed by atoms with Gasteiger partial charge < -0.3 is 9.47 Å². The Balaban J connectivity index is 1.57. The fourth-order valence-electron chi connectivity index (χ4n) is 5.94. The Morgan fingerprint density at radius 2 is 1.82 bits per heavy atom. The van der Waals surface area contributed by atoms with Crippen molar-refractivity contribution in [2.24, 2.45) is 0 Å². The Hall–Kier alpha value is -2.69. The van der Waals surface area contributed by atoms with Gasteiger partial charge in [-0.1, -0.05) is 25.3 Å². The molecule has 1 aliphatic carbocycles. The number of aryl methyl sites for hydroxylation is 1. The van der Waals surface area contributed by atoms with Crippen molar-refractivity contribution in [1.29, 1.82) is 0 Å². The molecule has 3 aromatic rings. The number of aromatic nitrogens is 4. The highest BCUT2D eigenvalue weighted by Gasteiger charge is 2.52. The minimum Gasteiger partial charge on any atom is -0.320 e. The van der Waals surface area contributed by atoms with Crippen LogP contribution in [0.4, 0.5) is 11.5 Å². The maximum Gasteiger partial charge on any atom is 0.155 e. The predicted molar refractivity (Wildman–Crippen MR) is 110 cm³/mol. The molecule has 6 rings (SSSR count). The second-order valence-corrected chi connectivity index (χ2v) is 8.61. The lowest BCUT2D eigenvalue weighted by Crippen LogP contribution is -2.43. The second kappa shape index (κ2) is 5.66. The molecule has 1 spiro atoms. The third-order valence-corrected chi connectivity index (χ3v) is 7.32. The molecule has 0 amide bonds. The Morgan fingerprint density at radius 1 is 1.00 bits per heavy atom. The van der Waals surface area contributed by atoms with Gasteiger partial charge in [0.15, 0.2) is 5.82 Å². The van der Waals surface area contributed by atoms with Crippen LogP contribution in [0.2, 0.25) is 0 Å². The molecule has 1 aromatic carbocycles. The highest BCUT2D eigenvalue weighted by Crippen LogP contribution is 2.55. The summed E-state index contributed by atoms with van der Waals surface area (Å²) in [5, 5.41) is 0. The third kappa shape index (κ3) is 1.94. The van der Waals surface area contributed by atoms with Gasteiger partial charge >= 0.3 is 0 Å². The van der Waals surface area contributed by atoms with Crippen molar-refractivity contribution in [3.63, 3.8) is 0 Å². The monoisotopic (exact) mass is 371 g/mol. The lowest BCUT2D eigenvalue weighted by molar-refractivity contribution is 0.262. The maximum atomic E-state index is 4.89. The van der Waals surface area contributed by atoms with Gasteiger partial charge in [0.2, 0.25) is 0 Å². The van der Waals surface area contributed by atoms with Gasteiger partial charge in [0.1, 0.15) is 5.82 Å². The average molecular weight is 371 g/mol. The summed E-state index contributed by atoms with van der Waals surface area (Å²) in [4.78, 5) is 16.8. The Morgan fingerprint density at radius 3 is 2.68 bits per heavy atom. The number of nitrogens with zero attached hydrogens (tertiary/aromatic N) is 5. The molecule has 0 N–H and O–H groups in total. The van der Waals surface area contributed by atoms with Gasteiger partial charge in [-0.05, 0) is 38.3 Å². The summed E-state index contributed by atoms with van der Waals surface area (Å²) in [5.41, 5.74) is 6.61. The van der Waals surface area contributed by atoms with Crippen LogP contribution < -0.4 is 4.90 Å². The smallest absolute Gasteiger partial charge is 0.155 e. The van der Waals surface area contributed by atoms with E-state index in [-0.39, 0.29) is 5.41 Å². The molecule has 28 heavy (non-hydrogen) atoms. The summed E-state index contributed by atoms with van der Waals surface area (Å²) in [7, 11) is 0. The van der Waals surface area contributed by atoms with E-state index >= 15 is 0 Å². The number of imidazole rings is 1. The van der Waals surface area contributed by atoms with E-state index in [1.54, 1.807) is 0 Å².